The van der Waals surface area contributed by atoms with Gasteiger partial charge in [-0.1, -0.05) is 23.2 Å². The zero-order valence-corrected chi connectivity index (χ0v) is 12.8. The first-order valence-corrected chi connectivity index (χ1v) is 8.14. The summed E-state index contributed by atoms with van der Waals surface area (Å²) in [5, 5.41) is 0.225. The molecule has 1 N–H and O–H groups in total. The number of halogens is 2. The Morgan fingerprint density at radius 2 is 2.21 bits per heavy atom. The topological polar surface area (TPSA) is 62.3 Å². The lowest BCUT2D eigenvalue weighted by Gasteiger charge is -2.29. The zero-order valence-electron chi connectivity index (χ0n) is 10.4. The summed E-state index contributed by atoms with van der Waals surface area (Å²) in [5.74, 6) is 0. The second-order valence-corrected chi connectivity index (χ2v) is 7.15. The summed E-state index contributed by atoms with van der Waals surface area (Å²) in [7, 11) is -1.63. The smallest absolute Gasteiger partial charge is 0.242 e. The van der Waals surface area contributed by atoms with Crippen LogP contribution >= 0.6 is 23.2 Å². The molecule has 0 saturated carbocycles. The lowest BCUT2D eigenvalue weighted by atomic mass is 10.1. The van der Waals surface area contributed by atoms with Crippen LogP contribution in [0, 0.1) is 0 Å². The molecule has 106 valence electrons. The molecule has 0 aromatic carbocycles. The molecule has 1 fully saturated rings. The van der Waals surface area contributed by atoms with Crippen molar-refractivity contribution in [3.8, 4) is 0 Å². The fraction of sp³-hybridized carbons (Fsp3) is 0.545. The van der Waals surface area contributed by atoms with Crippen molar-refractivity contribution in [3.63, 3.8) is 0 Å². The molecule has 0 radical (unpaired) electrons. The average molecular weight is 324 g/mol. The number of nitrogens with zero attached hydrogens (tertiary/aromatic N) is 2. The van der Waals surface area contributed by atoms with Crippen molar-refractivity contribution in [2.24, 2.45) is 0 Å². The van der Waals surface area contributed by atoms with E-state index in [1.54, 1.807) is 0 Å². The van der Waals surface area contributed by atoms with Gasteiger partial charge in [-0.2, -0.15) is 0 Å². The lowest BCUT2D eigenvalue weighted by Crippen LogP contribution is -2.46. The average Bonchev–Trinajstić information content (AvgIpc) is 2.32. The van der Waals surface area contributed by atoms with Crippen LogP contribution in [0.4, 0.5) is 0 Å². The minimum absolute atomic E-state index is 0.0372. The van der Waals surface area contributed by atoms with Crippen molar-refractivity contribution in [2.45, 2.75) is 23.8 Å². The van der Waals surface area contributed by atoms with Crippen molar-refractivity contribution in [2.75, 3.05) is 20.1 Å². The highest BCUT2D eigenvalue weighted by atomic mass is 35.5. The van der Waals surface area contributed by atoms with Crippen molar-refractivity contribution in [3.05, 3.63) is 22.4 Å². The maximum Gasteiger partial charge on any atom is 0.242 e. The number of sulfonamides is 1. The Labute approximate surface area is 123 Å². The summed E-state index contributed by atoms with van der Waals surface area (Å²) in [4.78, 5) is 5.90. The van der Waals surface area contributed by atoms with Gasteiger partial charge in [-0.25, -0.2) is 18.1 Å². The number of aromatic nitrogens is 1. The van der Waals surface area contributed by atoms with E-state index < -0.39 is 10.0 Å². The predicted octanol–water partition coefficient (Wildman–Crippen LogP) is 1.76. The van der Waals surface area contributed by atoms with E-state index in [2.05, 4.69) is 14.6 Å². The second-order valence-electron chi connectivity index (χ2n) is 4.67. The Hall–Kier alpha value is -0.400. The Balaban J connectivity index is 2.15. The largest absolute Gasteiger partial charge is 0.305 e. The molecule has 1 saturated heterocycles. The lowest BCUT2D eigenvalue weighted by molar-refractivity contribution is 0.242. The molecule has 1 aromatic heterocycles. The van der Waals surface area contributed by atoms with Crippen molar-refractivity contribution < 1.29 is 8.42 Å². The molecule has 1 aromatic rings. The molecule has 0 amide bonds. The summed E-state index contributed by atoms with van der Waals surface area (Å²) in [6.07, 6.45) is 3.02. The van der Waals surface area contributed by atoms with Crippen LogP contribution in [0.1, 0.15) is 12.8 Å². The van der Waals surface area contributed by atoms with Gasteiger partial charge in [0, 0.05) is 18.8 Å². The van der Waals surface area contributed by atoms with Crippen molar-refractivity contribution in [1.29, 1.82) is 0 Å². The third kappa shape index (κ3) is 3.79. The minimum Gasteiger partial charge on any atom is -0.305 e. The van der Waals surface area contributed by atoms with Crippen LogP contribution in [0.2, 0.25) is 10.2 Å². The zero-order chi connectivity index (χ0) is 14.0. The molecule has 19 heavy (non-hydrogen) atoms. The minimum atomic E-state index is -3.60. The van der Waals surface area contributed by atoms with E-state index in [4.69, 9.17) is 23.2 Å². The van der Waals surface area contributed by atoms with Crippen molar-refractivity contribution in [1.82, 2.24) is 14.6 Å². The normalized spacial score (nSPS) is 21.5. The number of hydrogen-bond donors (Lipinski definition) is 1. The fourth-order valence-corrected chi connectivity index (χ4v) is 3.67. The molecular formula is C11H15Cl2N3O2S. The maximum atomic E-state index is 12.2. The van der Waals surface area contributed by atoms with Gasteiger partial charge < -0.3 is 4.90 Å². The van der Waals surface area contributed by atoms with E-state index in [0.29, 0.717) is 6.54 Å². The van der Waals surface area contributed by atoms with Gasteiger partial charge in [0.2, 0.25) is 10.0 Å². The number of likely N-dealkylation sites (N-methyl/N-ethyl adjacent to an activating group) is 1. The molecule has 1 unspecified atom stereocenters. The van der Waals surface area contributed by atoms with Crippen LogP contribution in [0.3, 0.4) is 0 Å². The van der Waals surface area contributed by atoms with E-state index in [1.165, 1.54) is 12.3 Å². The van der Waals surface area contributed by atoms with Crippen LogP contribution in [-0.2, 0) is 10.0 Å². The van der Waals surface area contributed by atoms with E-state index >= 15 is 0 Å². The van der Waals surface area contributed by atoms with Gasteiger partial charge in [0.15, 0.2) is 0 Å². The molecule has 2 heterocycles. The van der Waals surface area contributed by atoms with E-state index in [0.717, 1.165) is 19.4 Å². The Bertz CT molecular complexity index is 565. The molecule has 8 heteroatoms. The first kappa shape index (κ1) is 15.0. The van der Waals surface area contributed by atoms with Crippen LogP contribution in [0.15, 0.2) is 17.2 Å². The van der Waals surface area contributed by atoms with Gasteiger partial charge in [-0.05, 0) is 32.5 Å². The molecule has 1 atom stereocenters. The molecular weight excluding hydrogens is 309 g/mol. The molecule has 0 spiro atoms. The van der Waals surface area contributed by atoms with Crippen LogP contribution in [0.25, 0.3) is 0 Å². The number of piperidine rings is 1. The van der Waals surface area contributed by atoms with Gasteiger partial charge in [0.25, 0.3) is 0 Å². The summed E-state index contributed by atoms with van der Waals surface area (Å²) in [6.45, 7) is 1.69. The molecule has 1 aliphatic rings. The van der Waals surface area contributed by atoms with E-state index in [-0.39, 0.29) is 21.1 Å². The fourth-order valence-electron chi connectivity index (χ4n) is 2.10. The Morgan fingerprint density at radius 3 is 2.84 bits per heavy atom. The molecule has 0 bridgehead atoms. The van der Waals surface area contributed by atoms with Crippen molar-refractivity contribution >= 4 is 33.2 Å². The van der Waals surface area contributed by atoms with E-state index in [9.17, 15) is 8.42 Å². The van der Waals surface area contributed by atoms with E-state index in [1.807, 2.05) is 7.05 Å². The monoisotopic (exact) mass is 323 g/mol. The third-order valence-electron chi connectivity index (χ3n) is 3.03. The van der Waals surface area contributed by atoms with Gasteiger partial charge in [-0.15, -0.1) is 0 Å². The molecule has 1 aliphatic heterocycles. The Morgan fingerprint density at radius 1 is 1.47 bits per heavy atom. The van der Waals surface area contributed by atoms with Gasteiger partial charge in [-0.3, -0.25) is 0 Å². The van der Waals surface area contributed by atoms with Crippen LogP contribution < -0.4 is 4.72 Å². The van der Waals surface area contributed by atoms with Gasteiger partial charge in [0.1, 0.15) is 10.0 Å². The van der Waals surface area contributed by atoms with Crippen LogP contribution in [-0.4, -0.2) is 44.5 Å². The molecule has 0 aliphatic carbocycles. The van der Waals surface area contributed by atoms with Gasteiger partial charge >= 0.3 is 0 Å². The highest BCUT2D eigenvalue weighted by Gasteiger charge is 2.24. The highest BCUT2D eigenvalue weighted by Crippen LogP contribution is 2.22. The molecule has 2 rings (SSSR count). The van der Waals surface area contributed by atoms with Gasteiger partial charge in [0.05, 0.1) is 5.02 Å². The Kier molecular flexibility index (Phi) is 4.68. The summed E-state index contributed by atoms with van der Waals surface area (Å²) < 4.78 is 27.1. The standard InChI is InChI=1S/C11H15Cl2N3O2S/c1-16-4-2-3-8(7-16)15-19(17,18)9-5-10(12)11(13)14-6-9/h5-6,8,15H,2-4,7H2,1H3. The quantitative estimate of drug-likeness (QED) is 0.861. The number of likely N-dealkylation sites (tertiary alicyclic amines) is 1. The number of rotatable bonds is 3. The first-order valence-electron chi connectivity index (χ1n) is 5.90. The first-order chi connectivity index (χ1) is 8.88. The summed E-state index contributed by atoms with van der Waals surface area (Å²) in [6, 6.07) is 1.23. The summed E-state index contributed by atoms with van der Waals surface area (Å²) >= 11 is 11.5. The second kappa shape index (κ2) is 5.93. The maximum absolute atomic E-state index is 12.2. The van der Waals surface area contributed by atoms with Crippen LogP contribution in [0.5, 0.6) is 0 Å². The summed E-state index contributed by atoms with van der Waals surface area (Å²) in [5.41, 5.74) is 0. The predicted molar refractivity (Wildman–Crippen MR) is 75.1 cm³/mol. The number of pyridine rings is 1. The highest BCUT2D eigenvalue weighted by molar-refractivity contribution is 7.89. The molecule has 5 nitrogen and oxygen atoms in total. The third-order valence-corrected chi connectivity index (χ3v) is 5.20. The SMILES string of the molecule is CN1CCCC(NS(=O)(=O)c2cnc(Cl)c(Cl)c2)C1. The number of hydrogen-bond acceptors (Lipinski definition) is 4. The number of nitrogens with one attached hydrogen (secondary N) is 1.